The van der Waals surface area contributed by atoms with Crippen molar-refractivity contribution in [3.63, 3.8) is 0 Å². The molecule has 0 atom stereocenters. The van der Waals surface area contributed by atoms with Gasteiger partial charge in [0.15, 0.2) is 5.78 Å². The molecular formula is C17H10N2O4. The highest BCUT2D eigenvalue weighted by molar-refractivity contribution is 6.31. The summed E-state index contributed by atoms with van der Waals surface area (Å²) in [5, 5.41) is 9.58. The predicted molar refractivity (Wildman–Crippen MR) is 80.2 cm³/mol. The third kappa shape index (κ3) is 1.63. The average Bonchev–Trinajstić information content (AvgIpc) is 2.87. The summed E-state index contributed by atoms with van der Waals surface area (Å²) in [6, 6.07) is 6.45. The minimum absolute atomic E-state index is 0.0573. The summed E-state index contributed by atoms with van der Waals surface area (Å²) in [5.41, 5.74) is 1.23. The van der Waals surface area contributed by atoms with Crippen molar-refractivity contribution in [2.24, 2.45) is 0 Å². The molecule has 1 aliphatic carbocycles. The lowest BCUT2D eigenvalue weighted by atomic mass is 9.89. The maximum atomic E-state index is 12.8. The van der Waals surface area contributed by atoms with Gasteiger partial charge in [-0.25, -0.2) is 4.79 Å². The number of aromatic nitrogens is 2. The molecule has 3 aromatic rings. The molecule has 0 fully saturated rings. The van der Waals surface area contributed by atoms with Gasteiger partial charge in [0.1, 0.15) is 11.4 Å². The summed E-state index contributed by atoms with van der Waals surface area (Å²) >= 11 is 0. The van der Waals surface area contributed by atoms with Crippen LogP contribution < -0.4 is 0 Å². The Morgan fingerprint density at radius 2 is 2.00 bits per heavy atom. The van der Waals surface area contributed by atoms with Crippen LogP contribution in [0.2, 0.25) is 0 Å². The molecule has 0 saturated carbocycles. The topological polar surface area (TPSA) is 88.7 Å². The second-order valence-electron chi connectivity index (χ2n) is 5.42. The van der Waals surface area contributed by atoms with Crippen LogP contribution in [-0.4, -0.2) is 32.0 Å². The molecule has 0 amide bonds. The van der Waals surface area contributed by atoms with Crippen LogP contribution in [0.4, 0.5) is 0 Å². The van der Waals surface area contributed by atoms with Gasteiger partial charge < -0.3 is 9.51 Å². The quantitative estimate of drug-likeness (QED) is 0.582. The maximum absolute atomic E-state index is 12.8. The summed E-state index contributed by atoms with van der Waals surface area (Å²) in [6.07, 6.45) is 3.04. The summed E-state index contributed by atoms with van der Waals surface area (Å²) in [7, 11) is 0. The summed E-state index contributed by atoms with van der Waals surface area (Å²) in [6.45, 7) is 1.82. The highest BCUT2D eigenvalue weighted by Crippen LogP contribution is 2.33. The molecule has 1 N–H and O–H groups in total. The van der Waals surface area contributed by atoms with Gasteiger partial charge in [-0.2, -0.15) is 0 Å². The fourth-order valence-corrected chi connectivity index (χ4v) is 3.04. The third-order valence-electron chi connectivity index (χ3n) is 4.02. The molecule has 3 heterocycles. The van der Waals surface area contributed by atoms with Crippen molar-refractivity contribution in [2.45, 2.75) is 6.92 Å². The van der Waals surface area contributed by atoms with Gasteiger partial charge in [-0.15, -0.1) is 0 Å². The Morgan fingerprint density at radius 1 is 1.22 bits per heavy atom. The molecule has 0 aliphatic heterocycles. The largest absolute Gasteiger partial charge is 0.478 e. The number of hydrogen-bond donors (Lipinski definition) is 1. The smallest absolute Gasteiger partial charge is 0.338 e. The van der Waals surface area contributed by atoms with E-state index in [1.54, 1.807) is 24.4 Å². The van der Waals surface area contributed by atoms with Gasteiger partial charge in [0.05, 0.1) is 22.2 Å². The molecule has 0 aromatic carbocycles. The lowest BCUT2D eigenvalue weighted by Gasteiger charge is -2.14. The number of hydrogen-bond acceptors (Lipinski definition) is 4. The first-order valence-corrected chi connectivity index (χ1v) is 6.93. The van der Waals surface area contributed by atoms with E-state index in [4.69, 9.17) is 0 Å². The monoisotopic (exact) mass is 306 g/mol. The minimum atomic E-state index is -1.23. The molecular weight excluding hydrogens is 296 g/mol. The van der Waals surface area contributed by atoms with Gasteiger partial charge in [-0.05, 0) is 36.8 Å². The van der Waals surface area contributed by atoms with Crippen LogP contribution >= 0.6 is 0 Å². The number of carbonyl (C=O) groups excluding carboxylic acids is 2. The first-order valence-electron chi connectivity index (χ1n) is 6.93. The normalized spacial score (nSPS) is 13.1. The number of aryl methyl sites for hydroxylation is 1. The first kappa shape index (κ1) is 13.4. The van der Waals surface area contributed by atoms with Crippen molar-refractivity contribution < 1.29 is 19.5 Å². The van der Waals surface area contributed by atoms with E-state index in [0.29, 0.717) is 5.52 Å². The van der Waals surface area contributed by atoms with Crippen molar-refractivity contribution in [3.8, 4) is 0 Å². The number of carbonyl (C=O) groups is 3. The summed E-state index contributed by atoms with van der Waals surface area (Å²) in [5.74, 6) is -2.16. The Hall–Kier alpha value is -3.28. The highest BCUT2D eigenvalue weighted by Gasteiger charge is 2.38. The number of carboxylic acid groups (broad SMARTS) is 1. The fourth-order valence-electron chi connectivity index (χ4n) is 3.04. The Morgan fingerprint density at radius 3 is 2.74 bits per heavy atom. The molecule has 0 unspecified atom stereocenters. The maximum Gasteiger partial charge on any atom is 0.338 e. The summed E-state index contributed by atoms with van der Waals surface area (Å²) in [4.78, 5) is 41.3. The van der Waals surface area contributed by atoms with Gasteiger partial charge in [0, 0.05) is 12.4 Å². The lowest BCUT2D eigenvalue weighted by Crippen LogP contribution is -2.23. The molecule has 0 saturated heterocycles. The molecule has 6 heteroatoms. The standard InChI is InChI=1S/C17H10N2O4/c1-8-4-6-19-10(7-8)11(17(22)23)12-14(19)16(21)13-9(15(12)20)3-2-5-18-13/h2-7H,1H3,(H,22,23). The van der Waals surface area contributed by atoms with Gasteiger partial charge in [0.2, 0.25) is 5.78 Å². The van der Waals surface area contributed by atoms with E-state index in [2.05, 4.69) is 4.98 Å². The number of nitrogens with zero attached hydrogens (tertiary/aromatic N) is 2. The van der Waals surface area contributed by atoms with Gasteiger partial charge in [-0.1, -0.05) is 0 Å². The van der Waals surface area contributed by atoms with Crippen molar-refractivity contribution in [2.75, 3.05) is 0 Å². The molecule has 112 valence electrons. The SMILES string of the molecule is Cc1ccn2c3c(c(C(=O)O)c2c1)C(=O)c1cccnc1C3=O. The molecule has 6 nitrogen and oxygen atoms in total. The molecule has 23 heavy (non-hydrogen) atoms. The van der Waals surface area contributed by atoms with Crippen LogP contribution in [0, 0.1) is 6.92 Å². The molecule has 4 rings (SSSR count). The number of rotatable bonds is 1. The number of aromatic carboxylic acids is 1. The Kier molecular flexibility index (Phi) is 2.54. The lowest BCUT2D eigenvalue weighted by molar-refractivity contribution is 0.0695. The second-order valence-corrected chi connectivity index (χ2v) is 5.42. The van der Waals surface area contributed by atoms with E-state index < -0.39 is 17.5 Å². The van der Waals surface area contributed by atoms with Crippen molar-refractivity contribution in [1.82, 2.24) is 9.38 Å². The molecule has 1 aliphatic rings. The van der Waals surface area contributed by atoms with Crippen LogP contribution in [0.5, 0.6) is 0 Å². The average molecular weight is 306 g/mol. The van der Waals surface area contributed by atoms with E-state index in [1.165, 1.54) is 16.7 Å². The van der Waals surface area contributed by atoms with Crippen LogP contribution in [-0.2, 0) is 0 Å². The molecule has 0 spiro atoms. The Balaban J connectivity index is 2.20. The van der Waals surface area contributed by atoms with Crippen LogP contribution in [0.15, 0.2) is 36.7 Å². The zero-order chi connectivity index (χ0) is 16.3. The van der Waals surface area contributed by atoms with E-state index >= 15 is 0 Å². The van der Waals surface area contributed by atoms with Crippen molar-refractivity contribution in [1.29, 1.82) is 0 Å². The van der Waals surface area contributed by atoms with E-state index in [9.17, 15) is 19.5 Å². The third-order valence-corrected chi connectivity index (χ3v) is 4.02. The Bertz CT molecular complexity index is 1050. The number of carboxylic acids is 1. The predicted octanol–water partition coefficient (Wildman–Crippen LogP) is 2.12. The fraction of sp³-hybridized carbons (Fsp3) is 0.0588. The minimum Gasteiger partial charge on any atom is -0.478 e. The van der Waals surface area contributed by atoms with Crippen molar-refractivity contribution in [3.05, 3.63) is 70.3 Å². The van der Waals surface area contributed by atoms with Crippen LogP contribution in [0.3, 0.4) is 0 Å². The molecule has 3 aromatic heterocycles. The number of pyridine rings is 2. The van der Waals surface area contributed by atoms with E-state index in [-0.39, 0.29) is 28.1 Å². The first-order chi connectivity index (χ1) is 11.0. The number of fused-ring (bicyclic) bond motifs is 4. The zero-order valence-corrected chi connectivity index (χ0v) is 12.0. The zero-order valence-electron chi connectivity index (χ0n) is 12.0. The van der Waals surface area contributed by atoms with Crippen LogP contribution in [0.1, 0.15) is 48.0 Å². The Labute approximate surface area is 130 Å². The molecule has 0 radical (unpaired) electrons. The van der Waals surface area contributed by atoms with Gasteiger partial charge >= 0.3 is 5.97 Å². The second kappa shape index (κ2) is 4.36. The van der Waals surface area contributed by atoms with E-state index in [1.807, 2.05) is 6.92 Å². The van der Waals surface area contributed by atoms with Gasteiger partial charge in [-0.3, -0.25) is 14.6 Å². The summed E-state index contributed by atoms with van der Waals surface area (Å²) < 4.78 is 1.46. The number of ketones is 2. The van der Waals surface area contributed by atoms with Crippen LogP contribution in [0.25, 0.3) is 5.52 Å². The van der Waals surface area contributed by atoms with Crippen molar-refractivity contribution >= 4 is 23.1 Å². The molecule has 0 bridgehead atoms. The van der Waals surface area contributed by atoms with Gasteiger partial charge in [0.25, 0.3) is 0 Å². The van der Waals surface area contributed by atoms with E-state index in [0.717, 1.165) is 5.56 Å². The highest BCUT2D eigenvalue weighted by atomic mass is 16.4.